The number of carbonyl (C=O) groups is 1. The fourth-order valence-corrected chi connectivity index (χ4v) is 5.81. The average molecular weight is 485 g/mol. The fraction of sp³-hybridized carbons (Fsp3) is 0.478. The molecular weight excluding hydrogens is 456 g/mol. The summed E-state index contributed by atoms with van der Waals surface area (Å²) in [5, 5.41) is 17.9. The van der Waals surface area contributed by atoms with E-state index in [1.165, 1.54) is 0 Å². The van der Waals surface area contributed by atoms with Gasteiger partial charge in [-0.3, -0.25) is 4.79 Å². The summed E-state index contributed by atoms with van der Waals surface area (Å²) in [4.78, 5) is 29.2. The Morgan fingerprint density at radius 3 is 2.64 bits per heavy atom. The molecule has 1 saturated heterocycles. The van der Waals surface area contributed by atoms with Crippen LogP contribution in [0.3, 0.4) is 0 Å². The lowest BCUT2D eigenvalue weighted by atomic mass is 10.1. The van der Waals surface area contributed by atoms with Gasteiger partial charge in [-0.05, 0) is 43.7 Å². The van der Waals surface area contributed by atoms with Crippen molar-refractivity contribution in [1.82, 2.24) is 19.9 Å². The Kier molecular flexibility index (Phi) is 6.40. The number of aromatic nitrogens is 3. The number of anilines is 2. The summed E-state index contributed by atoms with van der Waals surface area (Å²) in [7, 11) is 0. The molecule has 2 aliphatic rings. The number of aliphatic hydroxyl groups is 1. The Hall–Kier alpha value is -2.43. The molecule has 33 heavy (non-hydrogen) atoms. The number of likely N-dealkylation sites (tertiary alicyclic amines) is 1. The van der Waals surface area contributed by atoms with Gasteiger partial charge in [0.25, 0.3) is 5.91 Å². The molecule has 0 bridgehead atoms. The molecule has 174 valence electrons. The molecule has 0 unspecified atom stereocenters. The number of thioether (sulfide) groups is 1. The molecule has 10 heteroatoms. The highest BCUT2D eigenvalue weighted by atomic mass is 32.2. The molecular formula is C23H28N6O2S2. The number of nitrogens with zero attached hydrogens (tertiary/aromatic N) is 4. The van der Waals surface area contributed by atoms with Crippen LogP contribution in [-0.2, 0) is 0 Å². The maximum atomic E-state index is 12.9. The van der Waals surface area contributed by atoms with Crippen LogP contribution in [0.15, 0.2) is 35.5 Å². The summed E-state index contributed by atoms with van der Waals surface area (Å²) in [6, 6.07) is 6.34. The van der Waals surface area contributed by atoms with Gasteiger partial charge < -0.3 is 20.6 Å². The molecule has 1 amide bonds. The fourth-order valence-electron chi connectivity index (χ4n) is 4.51. The van der Waals surface area contributed by atoms with Crippen molar-refractivity contribution in [3.8, 4) is 0 Å². The van der Waals surface area contributed by atoms with E-state index in [0.717, 1.165) is 39.5 Å². The molecule has 3 aromatic rings. The molecule has 5 rings (SSSR count). The van der Waals surface area contributed by atoms with Gasteiger partial charge in [0.2, 0.25) is 5.95 Å². The highest BCUT2D eigenvalue weighted by Gasteiger charge is 2.31. The van der Waals surface area contributed by atoms with E-state index in [0.29, 0.717) is 36.7 Å². The molecule has 2 fully saturated rings. The zero-order chi connectivity index (χ0) is 22.9. The number of hydrogen-bond acceptors (Lipinski definition) is 9. The van der Waals surface area contributed by atoms with Gasteiger partial charge >= 0.3 is 0 Å². The minimum absolute atomic E-state index is 0.0271. The molecule has 4 atom stereocenters. The zero-order valence-electron chi connectivity index (χ0n) is 18.7. The van der Waals surface area contributed by atoms with Crippen LogP contribution in [0, 0.1) is 5.92 Å². The van der Waals surface area contributed by atoms with E-state index in [4.69, 9.17) is 4.98 Å². The van der Waals surface area contributed by atoms with Crippen LogP contribution >= 0.6 is 23.1 Å². The predicted octanol–water partition coefficient (Wildman–Crippen LogP) is 3.71. The average Bonchev–Trinajstić information content (AvgIpc) is 3.52. The number of thiazole rings is 1. The Balaban J connectivity index is 1.20. The molecule has 1 saturated carbocycles. The first-order valence-corrected chi connectivity index (χ1v) is 13.3. The summed E-state index contributed by atoms with van der Waals surface area (Å²) in [6.45, 7) is 2.97. The van der Waals surface area contributed by atoms with Crippen LogP contribution in [0.1, 0.15) is 36.5 Å². The third-order valence-corrected chi connectivity index (χ3v) is 8.08. The van der Waals surface area contributed by atoms with Crippen LogP contribution in [0.4, 0.5) is 11.1 Å². The third-order valence-electron chi connectivity index (χ3n) is 6.45. The molecule has 2 aromatic heterocycles. The van der Waals surface area contributed by atoms with Crippen molar-refractivity contribution < 1.29 is 9.90 Å². The molecule has 0 radical (unpaired) electrons. The van der Waals surface area contributed by atoms with Crippen LogP contribution in [0.2, 0.25) is 0 Å². The van der Waals surface area contributed by atoms with E-state index < -0.39 is 6.10 Å². The van der Waals surface area contributed by atoms with Gasteiger partial charge in [-0.2, -0.15) is 0 Å². The van der Waals surface area contributed by atoms with E-state index in [1.54, 1.807) is 28.0 Å². The van der Waals surface area contributed by atoms with Crippen LogP contribution in [0.25, 0.3) is 10.2 Å². The number of β-amino-alcohol motifs (C(OH)–C–C–N with tert-alkyl or cyclic N) is 1. The summed E-state index contributed by atoms with van der Waals surface area (Å²) in [5.74, 6) is 0.763. The van der Waals surface area contributed by atoms with E-state index in [2.05, 4.69) is 20.6 Å². The number of rotatable bonds is 6. The number of nitrogens with one attached hydrogen (secondary N) is 2. The maximum absolute atomic E-state index is 12.9. The van der Waals surface area contributed by atoms with Crippen molar-refractivity contribution in [3.63, 3.8) is 0 Å². The van der Waals surface area contributed by atoms with Gasteiger partial charge in [0, 0.05) is 53.9 Å². The summed E-state index contributed by atoms with van der Waals surface area (Å²) in [6.07, 6.45) is 8.34. The minimum Gasteiger partial charge on any atom is -0.391 e. The largest absolute Gasteiger partial charge is 0.391 e. The van der Waals surface area contributed by atoms with Gasteiger partial charge in [0.05, 0.1) is 16.3 Å². The van der Waals surface area contributed by atoms with E-state index in [-0.39, 0.29) is 11.8 Å². The minimum atomic E-state index is -0.442. The number of benzene rings is 1. The van der Waals surface area contributed by atoms with Crippen molar-refractivity contribution >= 4 is 50.3 Å². The lowest BCUT2D eigenvalue weighted by molar-refractivity contribution is 0.0765. The van der Waals surface area contributed by atoms with Crippen molar-refractivity contribution in [2.24, 2.45) is 5.92 Å². The molecule has 3 N–H and O–H groups in total. The maximum Gasteiger partial charge on any atom is 0.254 e. The standard InChI is InChI=1S/C23H28N6O2S2/c1-13-11-29(12-19(13)30)21(31)14-3-6-18-20(7-14)33-23(28-18)27-16-5-4-15(8-16)26-22-24-9-17(32-2)10-25-22/h3,6-7,9-10,13,15-16,19,30H,4-5,8,11-12H2,1-2H3,(H,27,28)(H,24,25,26)/t13-,15-,16-,19+/m0/s1. The third kappa shape index (κ3) is 4.92. The quantitative estimate of drug-likeness (QED) is 0.455. The van der Waals surface area contributed by atoms with Gasteiger partial charge in [0.15, 0.2) is 5.13 Å². The molecule has 8 nitrogen and oxygen atoms in total. The Morgan fingerprint density at radius 2 is 1.94 bits per heavy atom. The first-order chi connectivity index (χ1) is 16.0. The normalized spacial score (nSPS) is 25.0. The number of amides is 1. The Bertz CT molecular complexity index is 1130. The lowest BCUT2D eigenvalue weighted by Crippen LogP contribution is -2.29. The number of aliphatic hydroxyl groups excluding tert-OH is 1. The number of carbonyl (C=O) groups excluding carboxylic acids is 1. The second-order valence-electron chi connectivity index (χ2n) is 8.90. The van der Waals surface area contributed by atoms with Crippen molar-refractivity contribution in [2.75, 3.05) is 30.0 Å². The second kappa shape index (κ2) is 9.44. The van der Waals surface area contributed by atoms with Crippen LogP contribution < -0.4 is 10.6 Å². The van der Waals surface area contributed by atoms with Crippen molar-refractivity contribution in [3.05, 3.63) is 36.2 Å². The topological polar surface area (TPSA) is 103 Å². The van der Waals surface area contributed by atoms with E-state index in [9.17, 15) is 9.90 Å². The van der Waals surface area contributed by atoms with Gasteiger partial charge in [-0.1, -0.05) is 18.3 Å². The zero-order valence-corrected chi connectivity index (χ0v) is 20.3. The molecule has 1 aliphatic heterocycles. The van der Waals surface area contributed by atoms with Gasteiger partial charge in [0.1, 0.15) is 0 Å². The molecule has 1 aliphatic carbocycles. The van der Waals surface area contributed by atoms with Crippen LogP contribution in [0.5, 0.6) is 0 Å². The van der Waals surface area contributed by atoms with Crippen molar-refractivity contribution in [1.29, 1.82) is 0 Å². The summed E-state index contributed by atoms with van der Waals surface area (Å²) in [5.41, 5.74) is 1.54. The molecule has 3 heterocycles. The predicted molar refractivity (Wildman–Crippen MR) is 133 cm³/mol. The monoisotopic (exact) mass is 484 g/mol. The SMILES string of the molecule is CSc1cnc(N[C@H]2CC[C@H](Nc3nc4ccc(C(=O)N5C[C@@H](O)[C@@H](C)C5)cc4s3)C2)nc1. The highest BCUT2D eigenvalue weighted by Crippen LogP contribution is 2.31. The Morgan fingerprint density at radius 1 is 1.18 bits per heavy atom. The smallest absolute Gasteiger partial charge is 0.254 e. The highest BCUT2D eigenvalue weighted by molar-refractivity contribution is 7.98. The van der Waals surface area contributed by atoms with Crippen LogP contribution in [-0.4, -0.2) is 68.4 Å². The van der Waals surface area contributed by atoms with E-state index in [1.807, 2.05) is 43.8 Å². The first kappa shape index (κ1) is 22.4. The number of fused-ring (bicyclic) bond motifs is 1. The van der Waals surface area contributed by atoms with Gasteiger partial charge in [-0.25, -0.2) is 15.0 Å². The summed E-state index contributed by atoms with van der Waals surface area (Å²) < 4.78 is 0.992. The van der Waals surface area contributed by atoms with Gasteiger partial charge in [-0.15, -0.1) is 11.8 Å². The van der Waals surface area contributed by atoms with E-state index >= 15 is 0 Å². The number of hydrogen-bond donors (Lipinski definition) is 3. The lowest BCUT2D eigenvalue weighted by Gasteiger charge is -2.15. The first-order valence-electron chi connectivity index (χ1n) is 11.3. The summed E-state index contributed by atoms with van der Waals surface area (Å²) >= 11 is 3.21. The van der Waals surface area contributed by atoms with Crippen molar-refractivity contribution in [2.45, 2.75) is 49.3 Å². The second-order valence-corrected chi connectivity index (χ2v) is 10.8. The Labute approximate surface area is 201 Å². The molecule has 0 spiro atoms. The molecule has 1 aromatic carbocycles.